The summed E-state index contributed by atoms with van der Waals surface area (Å²) in [5.74, 6) is 0. The number of nitrogens with one attached hydrogen (secondary N) is 2. The zero-order valence-corrected chi connectivity index (χ0v) is 6.69. The van der Waals surface area contributed by atoms with Gasteiger partial charge in [0, 0.05) is 6.54 Å². The van der Waals surface area contributed by atoms with Crippen LogP contribution in [-0.2, 0) is 0 Å². The highest BCUT2D eigenvalue weighted by Gasteiger charge is 2.30. The number of amides is 2. The van der Waals surface area contributed by atoms with Crippen LogP contribution in [0, 0.1) is 5.41 Å². The minimum absolute atomic E-state index is 0.0417. The molecule has 1 aliphatic rings. The molecule has 2 amide bonds. The Hall–Kier alpha value is -0.730. The highest BCUT2D eigenvalue weighted by Crippen LogP contribution is 2.20. The third kappa shape index (κ3) is 1.40. The summed E-state index contributed by atoms with van der Waals surface area (Å²) in [6.45, 7) is 7.10. The van der Waals surface area contributed by atoms with Crippen LogP contribution in [0.25, 0.3) is 0 Å². The molecular weight excluding hydrogens is 128 g/mol. The first-order valence-corrected chi connectivity index (χ1v) is 3.54. The Morgan fingerprint density at radius 2 is 2.10 bits per heavy atom. The second kappa shape index (κ2) is 2.15. The second-order valence-electron chi connectivity index (χ2n) is 3.77. The van der Waals surface area contributed by atoms with E-state index in [0.717, 1.165) is 6.54 Å². The molecule has 3 heteroatoms. The van der Waals surface area contributed by atoms with Gasteiger partial charge in [0.15, 0.2) is 0 Å². The lowest BCUT2D eigenvalue weighted by atomic mass is 9.87. The predicted molar refractivity (Wildman–Crippen MR) is 39.8 cm³/mol. The first-order chi connectivity index (χ1) is 4.50. The van der Waals surface area contributed by atoms with Crippen LogP contribution in [0.5, 0.6) is 0 Å². The van der Waals surface area contributed by atoms with Gasteiger partial charge in [-0.3, -0.25) is 0 Å². The van der Waals surface area contributed by atoms with Gasteiger partial charge < -0.3 is 10.6 Å². The molecule has 0 radical (unpaired) electrons. The van der Waals surface area contributed by atoms with E-state index < -0.39 is 0 Å². The Kier molecular flexibility index (Phi) is 1.58. The van der Waals surface area contributed by atoms with Crippen LogP contribution in [0.1, 0.15) is 20.8 Å². The highest BCUT2D eigenvalue weighted by molar-refractivity contribution is 5.76. The molecule has 2 N–H and O–H groups in total. The molecule has 0 aromatic rings. The summed E-state index contributed by atoms with van der Waals surface area (Å²) in [7, 11) is 0. The van der Waals surface area contributed by atoms with Crippen molar-refractivity contribution in [2.24, 2.45) is 5.41 Å². The normalized spacial score (nSPS) is 25.9. The molecule has 0 unspecified atom stereocenters. The zero-order chi connectivity index (χ0) is 7.78. The molecule has 0 aromatic heterocycles. The summed E-state index contributed by atoms with van der Waals surface area (Å²) in [4.78, 5) is 10.7. The smallest absolute Gasteiger partial charge is 0.315 e. The van der Waals surface area contributed by atoms with Crippen LogP contribution in [-0.4, -0.2) is 18.6 Å². The number of hydrogen-bond acceptors (Lipinski definition) is 1. The van der Waals surface area contributed by atoms with E-state index in [1.807, 2.05) is 0 Å². The van der Waals surface area contributed by atoms with E-state index in [1.165, 1.54) is 0 Å². The van der Waals surface area contributed by atoms with E-state index in [-0.39, 0.29) is 17.5 Å². The summed E-state index contributed by atoms with van der Waals surface area (Å²) in [5, 5.41) is 5.57. The molecule has 1 aliphatic heterocycles. The van der Waals surface area contributed by atoms with Gasteiger partial charge in [-0.25, -0.2) is 4.79 Å². The summed E-state index contributed by atoms with van der Waals surface area (Å²) in [5.41, 5.74) is 0.166. The quantitative estimate of drug-likeness (QED) is 0.514. The molecule has 1 fully saturated rings. The van der Waals surface area contributed by atoms with Crippen LogP contribution in [0.3, 0.4) is 0 Å². The van der Waals surface area contributed by atoms with Crippen molar-refractivity contribution < 1.29 is 4.79 Å². The molecule has 10 heavy (non-hydrogen) atoms. The third-order valence-electron chi connectivity index (χ3n) is 1.82. The van der Waals surface area contributed by atoms with E-state index in [9.17, 15) is 4.79 Å². The van der Waals surface area contributed by atoms with Crippen molar-refractivity contribution >= 4 is 6.03 Å². The number of carbonyl (C=O) groups is 1. The molecule has 1 heterocycles. The molecule has 0 spiro atoms. The van der Waals surface area contributed by atoms with Crippen molar-refractivity contribution in [3.05, 3.63) is 0 Å². The first kappa shape index (κ1) is 7.38. The van der Waals surface area contributed by atoms with E-state index in [1.54, 1.807) is 0 Å². The van der Waals surface area contributed by atoms with Crippen LogP contribution in [0.15, 0.2) is 0 Å². The van der Waals surface area contributed by atoms with Crippen molar-refractivity contribution in [2.45, 2.75) is 26.8 Å². The molecule has 0 saturated carbocycles. The van der Waals surface area contributed by atoms with Crippen molar-refractivity contribution in [2.75, 3.05) is 6.54 Å². The van der Waals surface area contributed by atoms with Crippen molar-refractivity contribution in [1.29, 1.82) is 0 Å². The molecule has 3 nitrogen and oxygen atoms in total. The Balaban J connectivity index is 2.53. The van der Waals surface area contributed by atoms with Gasteiger partial charge in [-0.2, -0.15) is 0 Å². The summed E-state index contributed by atoms with van der Waals surface area (Å²) < 4.78 is 0. The zero-order valence-electron chi connectivity index (χ0n) is 6.69. The second-order valence-corrected chi connectivity index (χ2v) is 3.77. The summed E-state index contributed by atoms with van der Waals surface area (Å²) in [6.07, 6.45) is 0. The van der Waals surface area contributed by atoms with E-state index in [0.29, 0.717) is 0 Å². The van der Waals surface area contributed by atoms with E-state index in [2.05, 4.69) is 31.4 Å². The standard InChI is InChI=1S/C7H14N2O/c1-7(2,3)5-4-8-6(10)9-5/h5H,4H2,1-3H3,(H2,8,9,10)/t5-/m0/s1. The van der Waals surface area contributed by atoms with Crippen molar-refractivity contribution in [3.8, 4) is 0 Å². The summed E-state index contributed by atoms with van der Waals surface area (Å²) in [6, 6.07) is 0.236. The van der Waals surface area contributed by atoms with E-state index >= 15 is 0 Å². The highest BCUT2D eigenvalue weighted by atomic mass is 16.2. The van der Waals surface area contributed by atoms with Gasteiger partial charge in [0.25, 0.3) is 0 Å². The van der Waals surface area contributed by atoms with Gasteiger partial charge >= 0.3 is 6.03 Å². The van der Waals surface area contributed by atoms with Gasteiger partial charge in [0.05, 0.1) is 6.04 Å². The van der Waals surface area contributed by atoms with Crippen LogP contribution in [0.4, 0.5) is 4.79 Å². The SMILES string of the molecule is CC(C)(C)[C@@H]1CNC(=O)N1. The van der Waals surface area contributed by atoms with Gasteiger partial charge in [0.1, 0.15) is 0 Å². The predicted octanol–water partition coefficient (Wildman–Crippen LogP) is 0.714. The maximum Gasteiger partial charge on any atom is 0.315 e. The first-order valence-electron chi connectivity index (χ1n) is 3.54. The fourth-order valence-corrected chi connectivity index (χ4v) is 0.978. The number of hydrogen-bond donors (Lipinski definition) is 2. The topological polar surface area (TPSA) is 41.1 Å². The van der Waals surface area contributed by atoms with Gasteiger partial charge in [-0.15, -0.1) is 0 Å². The van der Waals surface area contributed by atoms with Gasteiger partial charge in [-0.05, 0) is 5.41 Å². The average Bonchev–Trinajstić information content (AvgIpc) is 2.11. The minimum Gasteiger partial charge on any atom is -0.336 e. The molecule has 0 aromatic carbocycles. The Labute approximate surface area is 61.2 Å². The van der Waals surface area contributed by atoms with Crippen LogP contribution in [0.2, 0.25) is 0 Å². The lowest BCUT2D eigenvalue weighted by Crippen LogP contribution is -2.38. The maximum absolute atomic E-state index is 10.7. The maximum atomic E-state index is 10.7. The minimum atomic E-state index is -0.0417. The lowest BCUT2D eigenvalue weighted by Gasteiger charge is -2.25. The molecule has 58 valence electrons. The van der Waals surface area contributed by atoms with Gasteiger partial charge in [-0.1, -0.05) is 20.8 Å². The lowest BCUT2D eigenvalue weighted by molar-refractivity contribution is 0.242. The van der Waals surface area contributed by atoms with Crippen molar-refractivity contribution in [3.63, 3.8) is 0 Å². The fourth-order valence-electron chi connectivity index (χ4n) is 0.978. The molecule has 1 atom stereocenters. The van der Waals surface area contributed by atoms with Gasteiger partial charge in [0.2, 0.25) is 0 Å². The molecular formula is C7H14N2O. The molecule has 1 saturated heterocycles. The fraction of sp³-hybridized carbons (Fsp3) is 0.857. The van der Waals surface area contributed by atoms with Crippen LogP contribution >= 0.6 is 0 Å². The third-order valence-corrected chi connectivity index (χ3v) is 1.82. The Morgan fingerprint density at radius 1 is 1.50 bits per heavy atom. The number of urea groups is 1. The Morgan fingerprint density at radius 3 is 2.30 bits per heavy atom. The largest absolute Gasteiger partial charge is 0.336 e. The number of rotatable bonds is 0. The molecule has 0 aliphatic carbocycles. The molecule has 0 bridgehead atoms. The van der Waals surface area contributed by atoms with Crippen molar-refractivity contribution in [1.82, 2.24) is 10.6 Å². The Bertz CT molecular complexity index is 148. The van der Waals surface area contributed by atoms with Crippen LogP contribution < -0.4 is 10.6 Å². The number of carbonyl (C=O) groups excluding carboxylic acids is 1. The average molecular weight is 142 g/mol. The molecule has 1 rings (SSSR count). The monoisotopic (exact) mass is 142 g/mol. The summed E-state index contributed by atoms with van der Waals surface area (Å²) >= 11 is 0. The van der Waals surface area contributed by atoms with E-state index in [4.69, 9.17) is 0 Å².